The van der Waals surface area contributed by atoms with Gasteiger partial charge < -0.3 is 25.6 Å². The molecule has 0 bridgehead atoms. The van der Waals surface area contributed by atoms with Gasteiger partial charge in [0.25, 0.3) is 0 Å². The highest BCUT2D eigenvalue weighted by molar-refractivity contribution is 7.88. The molecule has 0 spiro atoms. The van der Waals surface area contributed by atoms with E-state index in [2.05, 4.69) is 37.9 Å². The van der Waals surface area contributed by atoms with Gasteiger partial charge in [0.2, 0.25) is 21.9 Å². The van der Waals surface area contributed by atoms with Gasteiger partial charge >= 0.3 is 0 Å². The van der Waals surface area contributed by atoms with E-state index in [1.165, 1.54) is 16.8 Å². The number of methoxy groups -OCH3 is 1. The van der Waals surface area contributed by atoms with Gasteiger partial charge in [0.05, 0.1) is 25.2 Å². The van der Waals surface area contributed by atoms with Gasteiger partial charge in [-0.25, -0.2) is 17.7 Å². The standard InChI is InChI=1S/C26H38ClN7O4S/c1-33-13-11-17(12-14-33)25(35)29-18-9-10-23(38-3)21(15-18)31-26-28-16-19(27)24(32-26)30-20-7-5-6-8-22(20)34(2)39(4,36)37/h9-10,15-17,20,22H,5-8,11-14H2,1-4H3,(H,29,35)(H2,28,30,31,32)/t20-,22-/m1/s1. The Morgan fingerprint density at radius 2 is 1.90 bits per heavy atom. The zero-order valence-corrected chi connectivity index (χ0v) is 24.5. The maximum absolute atomic E-state index is 12.8. The average Bonchev–Trinajstić information content (AvgIpc) is 2.90. The number of nitrogens with one attached hydrogen (secondary N) is 3. The molecule has 3 N–H and O–H groups in total. The average molecular weight is 580 g/mol. The molecule has 1 aromatic heterocycles. The summed E-state index contributed by atoms with van der Waals surface area (Å²) < 4.78 is 31.4. The molecule has 2 fully saturated rings. The van der Waals surface area contributed by atoms with Crippen molar-refractivity contribution in [3.05, 3.63) is 29.4 Å². The Morgan fingerprint density at radius 1 is 1.18 bits per heavy atom. The number of likely N-dealkylation sites (tertiary alicyclic amines) is 1. The van der Waals surface area contributed by atoms with Crippen LogP contribution in [0.25, 0.3) is 0 Å². The highest BCUT2D eigenvalue weighted by atomic mass is 35.5. The molecule has 1 aromatic carbocycles. The van der Waals surface area contributed by atoms with Crippen molar-refractivity contribution in [2.75, 3.05) is 56.5 Å². The number of sulfonamides is 1. The zero-order chi connectivity index (χ0) is 28.2. The highest BCUT2D eigenvalue weighted by Crippen LogP contribution is 2.33. The first-order valence-corrected chi connectivity index (χ1v) is 15.4. The number of ether oxygens (including phenoxy) is 1. The Kier molecular flexibility index (Phi) is 9.52. The fourth-order valence-electron chi connectivity index (χ4n) is 5.18. The molecule has 1 saturated carbocycles. The minimum absolute atomic E-state index is 0.00884. The third-order valence-electron chi connectivity index (χ3n) is 7.59. The molecule has 2 heterocycles. The van der Waals surface area contributed by atoms with Crippen LogP contribution in [-0.4, -0.2) is 86.1 Å². The first-order chi connectivity index (χ1) is 18.5. The van der Waals surface area contributed by atoms with E-state index < -0.39 is 10.0 Å². The number of hydrogen-bond acceptors (Lipinski definition) is 9. The summed E-state index contributed by atoms with van der Waals surface area (Å²) in [6, 6.07) is 5.01. The molecule has 11 nitrogen and oxygen atoms in total. The van der Waals surface area contributed by atoms with E-state index in [1.54, 1.807) is 32.4 Å². The molecule has 2 aromatic rings. The maximum atomic E-state index is 12.8. The number of anilines is 4. The lowest BCUT2D eigenvalue weighted by molar-refractivity contribution is -0.121. The Balaban J connectivity index is 1.50. The quantitative estimate of drug-likeness (QED) is 0.406. The Bertz CT molecular complexity index is 1270. The summed E-state index contributed by atoms with van der Waals surface area (Å²) in [5.41, 5.74) is 1.22. The van der Waals surface area contributed by atoms with E-state index in [4.69, 9.17) is 16.3 Å². The van der Waals surface area contributed by atoms with Gasteiger partial charge in [-0.15, -0.1) is 0 Å². The summed E-state index contributed by atoms with van der Waals surface area (Å²) >= 11 is 6.44. The Hall–Kier alpha value is -2.67. The minimum Gasteiger partial charge on any atom is -0.495 e. The summed E-state index contributed by atoms with van der Waals surface area (Å²) in [5, 5.41) is 9.90. The van der Waals surface area contributed by atoms with Crippen LogP contribution in [0, 0.1) is 5.92 Å². The summed E-state index contributed by atoms with van der Waals surface area (Å²) in [5.74, 6) is 1.25. The van der Waals surface area contributed by atoms with Crippen molar-refractivity contribution < 1.29 is 17.9 Å². The first-order valence-electron chi connectivity index (χ1n) is 13.2. The molecule has 1 saturated heterocycles. The van der Waals surface area contributed by atoms with E-state index in [0.717, 1.165) is 51.6 Å². The summed E-state index contributed by atoms with van der Waals surface area (Å²) in [7, 11) is 1.89. The van der Waals surface area contributed by atoms with Crippen LogP contribution in [0.3, 0.4) is 0 Å². The van der Waals surface area contributed by atoms with Crippen molar-refractivity contribution in [2.45, 2.75) is 50.6 Å². The molecule has 1 aliphatic carbocycles. The number of piperidine rings is 1. The maximum Gasteiger partial charge on any atom is 0.229 e. The van der Waals surface area contributed by atoms with Crippen molar-refractivity contribution in [1.82, 2.24) is 19.2 Å². The molecule has 39 heavy (non-hydrogen) atoms. The third kappa shape index (κ3) is 7.50. The molecule has 0 unspecified atom stereocenters. The highest BCUT2D eigenvalue weighted by Gasteiger charge is 2.33. The van der Waals surface area contributed by atoms with E-state index in [0.29, 0.717) is 28.0 Å². The molecule has 2 atom stereocenters. The summed E-state index contributed by atoms with van der Waals surface area (Å²) in [4.78, 5) is 24.0. The van der Waals surface area contributed by atoms with E-state index in [9.17, 15) is 13.2 Å². The smallest absolute Gasteiger partial charge is 0.229 e. The van der Waals surface area contributed by atoms with Gasteiger partial charge in [0.1, 0.15) is 10.8 Å². The summed E-state index contributed by atoms with van der Waals surface area (Å²) in [6.07, 6.45) is 7.86. The molecule has 13 heteroatoms. The number of nitrogens with zero attached hydrogens (tertiary/aromatic N) is 4. The predicted molar refractivity (Wildman–Crippen MR) is 154 cm³/mol. The fraction of sp³-hybridized carbons (Fsp3) is 0.577. The van der Waals surface area contributed by atoms with Crippen LogP contribution in [0.4, 0.5) is 23.1 Å². The SMILES string of the molecule is COc1ccc(NC(=O)C2CCN(C)CC2)cc1Nc1ncc(Cl)c(N[C@@H]2CCCC[C@H]2N(C)S(C)(=O)=O)n1. The summed E-state index contributed by atoms with van der Waals surface area (Å²) in [6.45, 7) is 1.81. The number of amides is 1. The minimum atomic E-state index is -3.35. The number of aromatic nitrogens is 2. The van der Waals surface area contributed by atoms with Crippen molar-refractivity contribution in [3.63, 3.8) is 0 Å². The van der Waals surface area contributed by atoms with E-state index in [1.807, 2.05) is 0 Å². The largest absolute Gasteiger partial charge is 0.495 e. The van der Waals surface area contributed by atoms with Crippen LogP contribution in [0.5, 0.6) is 5.75 Å². The lowest BCUT2D eigenvalue weighted by Crippen LogP contribution is -2.49. The normalized spacial score (nSPS) is 21.0. The van der Waals surface area contributed by atoms with Crippen LogP contribution in [0.2, 0.25) is 5.02 Å². The molecular weight excluding hydrogens is 542 g/mol. The molecule has 1 amide bonds. The monoisotopic (exact) mass is 579 g/mol. The van der Waals surface area contributed by atoms with Crippen LogP contribution in [0.1, 0.15) is 38.5 Å². The van der Waals surface area contributed by atoms with E-state index >= 15 is 0 Å². The lowest BCUT2D eigenvalue weighted by atomic mass is 9.90. The van der Waals surface area contributed by atoms with Gasteiger partial charge in [-0.2, -0.15) is 4.98 Å². The fourth-order valence-corrected chi connectivity index (χ4v) is 6.07. The number of halogens is 1. The molecule has 4 rings (SSSR count). The molecule has 2 aliphatic rings. The van der Waals surface area contributed by atoms with Crippen molar-refractivity contribution in [1.29, 1.82) is 0 Å². The van der Waals surface area contributed by atoms with Crippen LogP contribution < -0.4 is 20.7 Å². The Morgan fingerprint density at radius 3 is 2.59 bits per heavy atom. The van der Waals surface area contributed by atoms with Crippen LogP contribution in [-0.2, 0) is 14.8 Å². The number of carbonyl (C=O) groups is 1. The van der Waals surface area contributed by atoms with Crippen molar-refractivity contribution in [2.24, 2.45) is 5.92 Å². The third-order valence-corrected chi connectivity index (χ3v) is 9.18. The second kappa shape index (κ2) is 12.7. The van der Waals surface area contributed by atoms with Crippen LogP contribution >= 0.6 is 11.6 Å². The molecular formula is C26H38ClN7O4S. The molecule has 1 aliphatic heterocycles. The van der Waals surface area contributed by atoms with Gasteiger partial charge in [0, 0.05) is 30.7 Å². The van der Waals surface area contributed by atoms with Crippen molar-refractivity contribution in [3.8, 4) is 5.75 Å². The number of rotatable bonds is 9. The van der Waals surface area contributed by atoms with Crippen LogP contribution in [0.15, 0.2) is 24.4 Å². The van der Waals surface area contributed by atoms with Gasteiger partial charge in [-0.05, 0) is 64.0 Å². The number of carbonyl (C=O) groups excluding carboxylic acids is 1. The molecule has 214 valence electrons. The predicted octanol–water partition coefficient (Wildman–Crippen LogP) is 3.78. The lowest BCUT2D eigenvalue weighted by Gasteiger charge is -2.37. The first kappa shape index (κ1) is 29.3. The number of hydrogen-bond donors (Lipinski definition) is 3. The molecule has 0 radical (unpaired) electrons. The topological polar surface area (TPSA) is 129 Å². The van der Waals surface area contributed by atoms with Gasteiger partial charge in [0.15, 0.2) is 5.82 Å². The second-order valence-electron chi connectivity index (χ2n) is 10.4. The van der Waals surface area contributed by atoms with Gasteiger partial charge in [-0.1, -0.05) is 24.4 Å². The number of benzene rings is 1. The van der Waals surface area contributed by atoms with Crippen molar-refractivity contribution >= 4 is 50.7 Å². The van der Waals surface area contributed by atoms with E-state index in [-0.39, 0.29) is 29.9 Å². The number of likely N-dealkylation sites (N-methyl/N-ethyl adjacent to an activating group) is 1. The van der Waals surface area contributed by atoms with Gasteiger partial charge in [-0.3, -0.25) is 4.79 Å². The zero-order valence-electron chi connectivity index (χ0n) is 22.9. The second-order valence-corrected chi connectivity index (χ2v) is 12.8. The Labute approximate surface area is 235 Å².